The molecular weight excluding hydrogens is 395 g/mol. The lowest BCUT2D eigenvalue weighted by Gasteiger charge is -2.16. The maximum Gasteiger partial charge on any atom is 0.248 e. The van der Waals surface area contributed by atoms with Crippen LogP contribution in [-0.2, 0) is 16.4 Å². The molecule has 0 radical (unpaired) electrons. The molecule has 29 heavy (non-hydrogen) atoms. The van der Waals surface area contributed by atoms with Crippen LogP contribution in [0.3, 0.4) is 0 Å². The van der Waals surface area contributed by atoms with Crippen molar-refractivity contribution in [2.45, 2.75) is 44.4 Å². The molecule has 1 aromatic carbocycles. The van der Waals surface area contributed by atoms with E-state index in [4.69, 9.17) is 4.52 Å². The highest BCUT2D eigenvalue weighted by Gasteiger charge is 2.28. The largest absolute Gasteiger partial charge is 0.360 e. The Labute approximate surface area is 170 Å². The lowest BCUT2D eigenvalue weighted by atomic mass is 10.1. The molecule has 9 heteroatoms. The first-order chi connectivity index (χ1) is 13.8. The van der Waals surface area contributed by atoms with E-state index in [0.29, 0.717) is 23.7 Å². The van der Waals surface area contributed by atoms with Gasteiger partial charge in [0.2, 0.25) is 10.0 Å². The van der Waals surface area contributed by atoms with E-state index in [-0.39, 0.29) is 10.7 Å². The standard InChI is InChI=1S/C20H25FN4O3S/c1-14-20(15(2)28-24-14)29(26,27)25(3)11-6-4-5-10-18-13-19(23-22-18)16-8-7-9-17(21)12-16/h7-9,12-13H,4-6,10-11H2,1-3H3,(H,22,23). The van der Waals surface area contributed by atoms with Gasteiger partial charge in [-0.2, -0.15) is 5.10 Å². The molecule has 2 aromatic heterocycles. The van der Waals surface area contributed by atoms with Crippen LogP contribution in [-0.4, -0.2) is 41.7 Å². The Morgan fingerprint density at radius 2 is 1.97 bits per heavy atom. The molecule has 156 valence electrons. The van der Waals surface area contributed by atoms with Gasteiger partial charge < -0.3 is 4.52 Å². The van der Waals surface area contributed by atoms with Gasteiger partial charge >= 0.3 is 0 Å². The third-order valence-corrected chi connectivity index (χ3v) is 6.91. The number of nitrogens with zero attached hydrogens (tertiary/aromatic N) is 3. The number of nitrogens with one attached hydrogen (secondary N) is 1. The average molecular weight is 421 g/mol. The minimum Gasteiger partial charge on any atom is -0.360 e. The second kappa shape index (κ2) is 8.87. The van der Waals surface area contributed by atoms with Crippen molar-refractivity contribution in [1.29, 1.82) is 0 Å². The second-order valence-corrected chi connectivity index (χ2v) is 9.06. The fourth-order valence-corrected chi connectivity index (χ4v) is 4.72. The first kappa shape index (κ1) is 21.2. The monoisotopic (exact) mass is 420 g/mol. The van der Waals surface area contributed by atoms with Gasteiger partial charge in [-0.3, -0.25) is 5.10 Å². The van der Waals surface area contributed by atoms with E-state index in [2.05, 4.69) is 15.4 Å². The van der Waals surface area contributed by atoms with E-state index in [1.807, 2.05) is 12.1 Å². The van der Waals surface area contributed by atoms with Gasteiger partial charge in [0, 0.05) is 24.8 Å². The van der Waals surface area contributed by atoms with Gasteiger partial charge in [0.15, 0.2) is 5.76 Å². The third kappa shape index (κ3) is 4.91. The van der Waals surface area contributed by atoms with Crippen LogP contribution in [0.5, 0.6) is 0 Å². The Bertz CT molecular complexity index is 1060. The molecule has 0 fully saturated rings. The number of aromatic nitrogens is 3. The second-order valence-electron chi connectivity index (χ2n) is 7.08. The molecule has 0 saturated heterocycles. The quantitative estimate of drug-likeness (QED) is 0.531. The normalized spacial score (nSPS) is 12.0. The summed E-state index contributed by atoms with van der Waals surface area (Å²) in [7, 11) is -2.03. The van der Waals surface area contributed by atoms with Crippen molar-refractivity contribution in [3.63, 3.8) is 0 Å². The van der Waals surface area contributed by atoms with Crippen LogP contribution in [0.25, 0.3) is 11.3 Å². The fourth-order valence-electron chi connectivity index (χ4n) is 3.23. The molecule has 7 nitrogen and oxygen atoms in total. The summed E-state index contributed by atoms with van der Waals surface area (Å²) in [4.78, 5) is 0.155. The molecular formula is C20H25FN4O3S. The zero-order chi connectivity index (χ0) is 21.0. The Morgan fingerprint density at radius 1 is 1.17 bits per heavy atom. The van der Waals surface area contributed by atoms with Crippen molar-refractivity contribution in [2.75, 3.05) is 13.6 Å². The molecule has 0 saturated carbocycles. The molecule has 0 spiro atoms. The van der Waals surface area contributed by atoms with Crippen LogP contribution in [0.4, 0.5) is 4.39 Å². The smallest absolute Gasteiger partial charge is 0.248 e. The number of benzene rings is 1. The summed E-state index contributed by atoms with van der Waals surface area (Å²) in [5, 5.41) is 10.9. The number of rotatable bonds is 9. The van der Waals surface area contributed by atoms with Crippen molar-refractivity contribution >= 4 is 10.0 Å². The van der Waals surface area contributed by atoms with E-state index in [0.717, 1.165) is 36.9 Å². The molecule has 0 unspecified atom stereocenters. The zero-order valence-corrected chi connectivity index (χ0v) is 17.6. The first-order valence-corrected chi connectivity index (χ1v) is 10.9. The van der Waals surface area contributed by atoms with E-state index in [1.54, 1.807) is 27.0 Å². The summed E-state index contributed by atoms with van der Waals surface area (Å²) in [6.45, 7) is 3.65. The predicted molar refractivity (Wildman–Crippen MR) is 107 cm³/mol. The number of H-pyrrole nitrogens is 1. The van der Waals surface area contributed by atoms with Crippen LogP contribution < -0.4 is 0 Å². The number of aromatic amines is 1. The lowest BCUT2D eigenvalue weighted by Crippen LogP contribution is -2.28. The van der Waals surface area contributed by atoms with E-state index < -0.39 is 10.0 Å². The third-order valence-electron chi connectivity index (χ3n) is 4.81. The van der Waals surface area contributed by atoms with Crippen molar-refractivity contribution in [2.24, 2.45) is 0 Å². The summed E-state index contributed by atoms with van der Waals surface area (Å²) >= 11 is 0. The Morgan fingerprint density at radius 3 is 2.66 bits per heavy atom. The summed E-state index contributed by atoms with van der Waals surface area (Å²) in [5.41, 5.74) is 2.80. The summed E-state index contributed by atoms with van der Waals surface area (Å²) in [6, 6.07) is 8.25. The van der Waals surface area contributed by atoms with Gasteiger partial charge in [0.05, 0.1) is 5.69 Å². The van der Waals surface area contributed by atoms with Crippen molar-refractivity contribution < 1.29 is 17.3 Å². The van der Waals surface area contributed by atoms with Gasteiger partial charge in [0.25, 0.3) is 0 Å². The van der Waals surface area contributed by atoms with Crippen molar-refractivity contribution in [3.8, 4) is 11.3 Å². The molecule has 0 aliphatic heterocycles. The van der Waals surface area contributed by atoms with Crippen molar-refractivity contribution in [1.82, 2.24) is 19.7 Å². The summed E-state index contributed by atoms with van der Waals surface area (Å²) < 4.78 is 45.0. The Balaban J connectivity index is 1.47. The van der Waals surface area contributed by atoms with Crippen LogP contribution in [0, 0.1) is 19.7 Å². The molecule has 3 rings (SSSR count). The van der Waals surface area contributed by atoms with Gasteiger partial charge in [-0.25, -0.2) is 17.1 Å². The molecule has 0 bridgehead atoms. The van der Waals surface area contributed by atoms with Gasteiger partial charge in [-0.05, 0) is 51.3 Å². The number of hydrogen-bond donors (Lipinski definition) is 1. The van der Waals surface area contributed by atoms with Crippen LogP contribution in [0.15, 0.2) is 39.8 Å². The maximum absolute atomic E-state index is 13.3. The van der Waals surface area contributed by atoms with E-state index in [9.17, 15) is 12.8 Å². The number of aryl methyl sites for hydroxylation is 3. The van der Waals surface area contributed by atoms with E-state index in [1.165, 1.54) is 16.4 Å². The molecule has 3 aromatic rings. The molecule has 2 heterocycles. The molecule has 0 aliphatic rings. The molecule has 0 aliphatic carbocycles. The number of unbranched alkanes of at least 4 members (excludes halogenated alkanes) is 2. The number of sulfonamides is 1. The Kier molecular flexibility index (Phi) is 6.49. The fraction of sp³-hybridized carbons (Fsp3) is 0.400. The maximum atomic E-state index is 13.3. The minimum atomic E-state index is -3.60. The molecule has 0 atom stereocenters. The summed E-state index contributed by atoms with van der Waals surface area (Å²) in [5.74, 6) is 0.0189. The van der Waals surface area contributed by atoms with Crippen LogP contribution in [0.2, 0.25) is 0 Å². The highest BCUT2D eigenvalue weighted by molar-refractivity contribution is 7.89. The first-order valence-electron chi connectivity index (χ1n) is 9.48. The topological polar surface area (TPSA) is 92.1 Å². The molecule has 0 amide bonds. The van der Waals surface area contributed by atoms with Gasteiger partial charge in [-0.1, -0.05) is 23.7 Å². The van der Waals surface area contributed by atoms with Gasteiger partial charge in [0.1, 0.15) is 16.4 Å². The number of hydrogen-bond acceptors (Lipinski definition) is 5. The molecule has 1 N–H and O–H groups in total. The number of halogens is 1. The predicted octanol–water partition coefficient (Wildman–Crippen LogP) is 3.85. The zero-order valence-electron chi connectivity index (χ0n) is 16.8. The van der Waals surface area contributed by atoms with Crippen LogP contribution in [0.1, 0.15) is 36.4 Å². The Hall–Kier alpha value is -2.52. The average Bonchev–Trinajstić information content (AvgIpc) is 3.28. The lowest BCUT2D eigenvalue weighted by molar-refractivity contribution is 0.389. The van der Waals surface area contributed by atoms with Crippen molar-refractivity contribution in [3.05, 3.63) is 53.3 Å². The van der Waals surface area contributed by atoms with Gasteiger partial charge in [-0.15, -0.1) is 0 Å². The van der Waals surface area contributed by atoms with Crippen LogP contribution >= 0.6 is 0 Å². The SMILES string of the molecule is Cc1noc(C)c1S(=O)(=O)N(C)CCCCCc1cc(-c2cccc(F)c2)n[nH]1. The minimum absolute atomic E-state index is 0.155. The highest BCUT2D eigenvalue weighted by Crippen LogP contribution is 2.23. The van der Waals surface area contributed by atoms with E-state index >= 15 is 0 Å². The summed E-state index contributed by atoms with van der Waals surface area (Å²) in [6.07, 6.45) is 3.30. The highest BCUT2D eigenvalue weighted by atomic mass is 32.2.